The SMILES string of the molecule is Cc1ccc(N=Nc2c(S(=O)(=O)[O-])cc3cc(S(=O)(=O)[O-])c(N=Nc4ccc(C)cc4S(=O)(=O)O)c(O)c3c2O)c(S(=O)(=O)O)c1. The van der Waals surface area contributed by atoms with Gasteiger partial charge in [-0.25, -0.2) is 16.8 Å². The van der Waals surface area contributed by atoms with Gasteiger partial charge in [-0.05, 0) is 66.8 Å². The lowest BCUT2D eigenvalue weighted by molar-refractivity contribution is 0.452. The van der Waals surface area contributed by atoms with E-state index in [2.05, 4.69) is 20.5 Å². The molecule has 4 rings (SSSR count). The zero-order valence-electron chi connectivity index (χ0n) is 22.9. The summed E-state index contributed by atoms with van der Waals surface area (Å²) >= 11 is 0. The molecule has 0 fully saturated rings. The minimum Gasteiger partial charge on any atom is -0.744 e. The van der Waals surface area contributed by atoms with Gasteiger partial charge in [-0.15, -0.1) is 20.5 Å². The van der Waals surface area contributed by atoms with Gasteiger partial charge in [0.25, 0.3) is 20.2 Å². The highest BCUT2D eigenvalue weighted by molar-refractivity contribution is 7.86. The molecule has 0 heterocycles. The molecule has 0 atom stereocenters. The zero-order chi connectivity index (χ0) is 34.6. The molecule has 0 aromatic heterocycles. The molecule has 0 saturated heterocycles. The molecule has 0 aliphatic heterocycles. The Hall–Kier alpha value is -4.42. The Balaban J connectivity index is 2.07. The Labute approximate surface area is 260 Å². The van der Waals surface area contributed by atoms with Crippen LogP contribution in [0.15, 0.2) is 88.6 Å². The second-order valence-electron chi connectivity index (χ2n) is 9.44. The van der Waals surface area contributed by atoms with E-state index in [-0.39, 0.29) is 0 Å². The number of phenols is 2. The highest BCUT2D eigenvalue weighted by Crippen LogP contribution is 2.50. The van der Waals surface area contributed by atoms with Crippen molar-refractivity contribution in [3.8, 4) is 11.5 Å². The van der Waals surface area contributed by atoms with Gasteiger partial charge in [-0.2, -0.15) is 16.8 Å². The van der Waals surface area contributed by atoms with Gasteiger partial charge < -0.3 is 19.3 Å². The predicted octanol–water partition coefficient (Wildman–Crippen LogP) is 4.00. The first kappa shape index (κ1) is 34.5. The first-order chi connectivity index (χ1) is 21.0. The van der Waals surface area contributed by atoms with E-state index < -0.39 is 105 Å². The molecule has 0 bridgehead atoms. The van der Waals surface area contributed by atoms with Crippen LogP contribution in [0.3, 0.4) is 0 Å². The lowest BCUT2D eigenvalue weighted by Gasteiger charge is -2.17. The topological polar surface area (TPSA) is 313 Å². The van der Waals surface area contributed by atoms with E-state index >= 15 is 0 Å². The molecular formula is C24H18N4O14S4-2. The van der Waals surface area contributed by atoms with Crippen molar-refractivity contribution in [2.24, 2.45) is 20.5 Å². The smallest absolute Gasteiger partial charge is 0.296 e. The predicted molar refractivity (Wildman–Crippen MR) is 154 cm³/mol. The number of aromatic hydroxyl groups is 2. The second kappa shape index (κ2) is 11.7. The van der Waals surface area contributed by atoms with Gasteiger partial charge in [0.15, 0.2) is 11.5 Å². The van der Waals surface area contributed by atoms with Gasteiger partial charge in [0.2, 0.25) is 0 Å². The van der Waals surface area contributed by atoms with Crippen LogP contribution >= 0.6 is 0 Å². The molecule has 0 amide bonds. The summed E-state index contributed by atoms with van der Waals surface area (Å²) in [6.07, 6.45) is 0. The lowest BCUT2D eigenvalue weighted by atomic mass is 10.1. The quantitative estimate of drug-likeness (QED) is 0.148. The summed E-state index contributed by atoms with van der Waals surface area (Å²) in [7, 11) is -21.0. The summed E-state index contributed by atoms with van der Waals surface area (Å²) in [5.41, 5.74) is -2.86. The van der Waals surface area contributed by atoms with Crippen molar-refractivity contribution >= 4 is 74.0 Å². The number of hydrogen-bond acceptors (Lipinski definition) is 16. The normalized spacial score (nSPS) is 13.3. The number of rotatable bonds is 8. The van der Waals surface area contributed by atoms with Crippen LogP contribution in [0.2, 0.25) is 0 Å². The molecule has 0 radical (unpaired) electrons. The fraction of sp³-hybridized carbons (Fsp3) is 0.0833. The van der Waals surface area contributed by atoms with Crippen LogP contribution < -0.4 is 0 Å². The van der Waals surface area contributed by atoms with E-state index in [0.717, 1.165) is 24.3 Å². The Morgan fingerprint density at radius 1 is 0.543 bits per heavy atom. The minimum atomic E-state index is -5.60. The van der Waals surface area contributed by atoms with Crippen LogP contribution in [0.4, 0.5) is 22.7 Å². The summed E-state index contributed by atoms with van der Waals surface area (Å²) in [6.45, 7) is 2.92. The minimum absolute atomic E-state index is 0.341. The van der Waals surface area contributed by atoms with E-state index in [1.807, 2.05) is 0 Å². The Kier molecular flexibility index (Phi) is 8.79. The molecule has 4 aromatic rings. The number of azo groups is 2. The van der Waals surface area contributed by atoms with Gasteiger partial charge in [0, 0.05) is 0 Å². The lowest BCUT2D eigenvalue weighted by Crippen LogP contribution is -2.02. The van der Waals surface area contributed by atoms with Crippen molar-refractivity contribution in [1.29, 1.82) is 0 Å². The number of nitrogens with zero attached hydrogens (tertiary/aromatic N) is 4. The number of hydrogen-bond donors (Lipinski definition) is 4. The molecule has 0 spiro atoms. The van der Waals surface area contributed by atoms with Crippen molar-refractivity contribution < 1.29 is 62.1 Å². The average Bonchev–Trinajstić information content (AvgIpc) is 2.90. The fourth-order valence-corrected chi connectivity index (χ4v) is 6.77. The molecule has 4 N–H and O–H groups in total. The zero-order valence-corrected chi connectivity index (χ0v) is 26.2. The average molecular weight is 715 g/mol. The maximum absolute atomic E-state index is 12.1. The van der Waals surface area contributed by atoms with Crippen molar-refractivity contribution in [2.45, 2.75) is 33.4 Å². The number of fused-ring (bicyclic) bond motifs is 1. The van der Waals surface area contributed by atoms with E-state index in [1.54, 1.807) is 0 Å². The van der Waals surface area contributed by atoms with Crippen molar-refractivity contribution in [3.63, 3.8) is 0 Å². The summed E-state index contributed by atoms with van der Waals surface area (Å²) in [4.78, 5) is -4.30. The standard InChI is InChI=1S/C24H20N4O14S4/c1-11-3-5-14(16(7-11)43(31,32)33)25-27-21-18(45(37,38)39)9-13-10-19(46(40,41)42)22(24(30)20(13)23(21)29)28-26-15-6-4-12(2)8-17(15)44(34,35)36/h3-10,29-30H,1-2H3,(H,31,32,33)(H,34,35,36)(H,37,38,39)(H,40,41,42)/p-2. The van der Waals surface area contributed by atoms with Crippen molar-refractivity contribution in [3.05, 3.63) is 59.7 Å². The summed E-state index contributed by atoms with van der Waals surface area (Å²) in [5, 5.41) is 34.4. The fourth-order valence-electron chi connectivity index (χ4n) is 4.06. The van der Waals surface area contributed by atoms with Gasteiger partial charge in [-0.1, -0.05) is 12.1 Å². The first-order valence-corrected chi connectivity index (χ1v) is 17.7. The van der Waals surface area contributed by atoms with Crippen LogP contribution in [0.5, 0.6) is 11.5 Å². The molecule has 244 valence electrons. The third-order valence-electron chi connectivity index (χ3n) is 6.09. The highest BCUT2D eigenvalue weighted by Gasteiger charge is 2.26. The van der Waals surface area contributed by atoms with Gasteiger partial charge in [-0.3, -0.25) is 9.11 Å². The second-order valence-corrected chi connectivity index (χ2v) is 14.9. The largest absolute Gasteiger partial charge is 0.744 e. The van der Waals surface area contributed by atoms with Crippen LogP contribution in [-0.2, 0) is 40.5 Å². The Morgan fingerprint density at radius 3 is 1.20 bits per heavy atom. The van der Waals surface area contributed by atoms with Gasteiger partial charge in [0.05, 0.1) is 15.2 Å². The summed E-state index contributed by atoms with van der Waals surface area (Å²) < 4.78 is 139. The van der Waals surface area contributed by atoms with Crippen LogP contribution in [0.25, 0.3) is 10.8 Å². The summed E-state index contributed by atoms with van der Waals surface area (Å²) in [6, 6.07) is 7.54. The third-order valence-corrected chi connectivity index (χ3v) is 9.56. The van der Waals surface area contributed by atoms with Gasteiger partial charge >= 0.3 is 0 Å². The molecule has 0 aliphatic carbocycles. The van der Waals surface area contributed by atoms with E-state index in [4.69, 9.17) is 0 Å². The van der Waals surface area contributed by atoms with Crippen LogP contribution in [0, 0.1) is 13.8 Å². The van der Waals surface area contributed by atoms with Gasteiger partial charge in [0.1, 0.15) is 52.8 Å². The molecule has 22 heteroatoms. The van der Waals surface area contributed by atoms with E-state index in [1.165, 1.54) is 26.0 Å². The molecule has 4 aromatic carbocycles. The molecule has 0 aliphatic rings. The Morgan fingerprint density at radius 2 is 0.891 bits per heavy atom. The Bertz CT molecular complexity index is 2290. The summed E-state index contributed by atoms with van der Waals surface area (Å²) in [5.74, 6) is -2.71. The van der Waals surface area contributed by atoms with Crippen molar-refractivity contribution in [2.75, 3.05) is 0 Å². The molecule has 0 saturated carbocycles. The molecule has 18 nitrogen and oxygen atoms in total. The molecule has 0 unspecified atom stereocenters. The van der Waals surface area contributed by atoms with E-state index in [9.17, 15) is 62.1 Å². The van der Waals surface area contributed by atoms with Crippen LogP contribution in [-0.4, -0.2) is 62.1 Å². The monoisotopic (exact) mass is 714 g/mol. The first-order valence-electron chi connectivity index (χ1n) is 12.0. The maximum atomic E-state index is 12.1. The maximum Gasteiger partial charge on any atom is 0.296 e. The van der Waals surface area contributed by atoms with Crippen LogP contribution in [0.1, 0.15) is 11.1 Å². The third kappa shape index (κ3) is 7.02. The van der Waals surface area contributed by atoms with Crippen molar-refractivity contribution in [1.82, 2.24) is 0 Å². The number of aryl methyl sites for hydroxylation is 2. The highest BCUT2D eigenvalue weighted by atomic mass is 32.2. The molecular weight excluding hydrogens is 697 g/mol. The number of phenolic OH excluding ortho intramolecular Hbond substituents is 2. The van der Waals surface area contributed by atoms with E-state index in [0.29, 0.717) is 23.3 Å². The number of benzene rings is 4. The molecule has 46 heavy (non-hydrogen) atoms.